The first-order valence-corrected chi connectivity index (χ1v) is 11.1. The average Bonchev–Trinajstić information content (AvgIpc) is 3.26. The van der Waals surface area contributed by atoms with Crippen LogP contribution in [0.2, 0.25) is 0 Å². The molecule has 8 nitrogen and oxygen atoms in total. The van der Waals surface area contributed by atoms with E-state index in [2.05, 4.69) is 5.32 Å². The summed E-state index contributed by atoms with van der Waals surface area (Å²) in [6.45, 7) is 1.98. The molecule has 0 fully saturated rings. The molecule has 2 N–H and O–H groups in total. The zero-order chi connectivity index (χ0) is 22.3. The molecule has 3 rings (SSSR count). The van der Waals surface area contributed by atoms with Crippen molar-refractivity contribution in [2.24, 2.45) is 0 Å². The smallest absolute Gasteiger partial charge is 0.266 e. The Kier molecular flexibility index (Phi) is 7.09. The summed E-state index contributed by atoms with van der Waals surface area (Å²) >= 11 is 0. The fourth-order valence-corrected chi connectivity index (χ4v) is 3.94. The number of ether oxygens (including phenoxy) is 1. The Morgan fingerprint density at radius 1 is 1.03 bits per heavy atom. The molecule has 2 amide bonds. The van der Waals surface area contributed by atoms with E-state index in [0.29, 0.717) is 17.9 Å². The molecule has 0 unspecified atom stereocenters. The molecular formula is C22H22N2O6S. The summed E-state index contributed by atoms with van der Waals surface area (Å²) in [5.41, 5.74) is 0.338. The van der Waals surface area contributed by atoms with E-state index in [4.69, 9.17) is 9.15 Å². The summed E-state index contributed by atoms with van der Waals surface area (Å²) < 4.78 is 38.0. The Hall–Kier alpha value is -3.59. The fourth-order valence-electron chi connectivity index (χ4n) is 2.76. The zero-order valence-electron chi connectivity index (χ0n) is 16.8. The van der Waals surface area contributed by atoms with E-state index in [1.807, 2.05) is 4.72 Å². The zero-order valence-corrected chi connectivity index (χ0v) is 17.6. The Labute approximate surface area is 180 Å². The van der Waals surface area contributed by atoms with Gasteiger partial charge in [-0.2, -0.15) is 0 Å². The minimum Gasteiger partial charge on any atom is -0.486 e. The summed E-state index contributed by atoms with van der Waals surface area (Å²) in [7, 11) is -4.13. The van der Waals surface area contributed by atoms with Gasteiger partial charge in [0.25, 0.3) is 15.9 Å². The van der Waals surface area contributed by atoms with E-state index in [0.717, 1.165) is 0 Å². The van der Waals surface area contributed by atoms with Crippen LogP contribution in [0.25, 0.3) is 0 Å². The van der Waals surface area contributed by atoms with Crippen LogP contribution in [0, 0.1) is 0 Å². The van der Waals surface area contributed by atoms with Gasteiger partial charge in [-0.3, -0.25) is 9.59 Å². The maximum absolute atomic E-state index is 12.7. The fraction of sp³-hybridized carbons (Fsp3) is 0.182. The highest BCUT2D eigenvalue weighted by Gasteiger charge is 2.22. The second kappa shape index (κ2) is 9.94. The van der Waals surface area contributed by atoms with Gasteiger partial charge in [0.15, 0.2) is 0 Å². The predicted octanol–water partition coefficient (Wildman–Crippen LogP) is 3.72. The van der Waals surface area contributed by atoms with Gasteiger partial charge >= 0.3 is 0 Å². The van der Waals surface area contributed by atoms with Crippen LogP contribution < -0.4 is 14.8 Å². The number of hydrogen-bond acceptors (Lipinski definition) is 6. The molecule has 0 saturated heterocycles. The van der Waals surface area contributed by atoms with Crippen LogP contribution in [-0.2, 0) is 21.4 Å². The predicted molar refractivity (Wildman–Crippen MR) is 114 cm³/mol. The molecular weight excluding hydrogens is 420 g/mol. The molecule has 9 heteroatoms. The van der Waals surface area contributed by atoms with Gasteiger partial charge in [-0.05, 0) is 48.9 Å². The maximum Gasteiger partial charge on any atom is 0.266 e. The SMILES string of the molecule is CCCC(=O)NS(=O)(=O)c1ccccc1NC(=O)c1cccc(OCc2ccco2)c1. The number of rotatable bonds is 9. The van der Waals surface area contributed by atoms with Crippen LogP contribution >= 0.6 is 0 Å². The first-order chi connectivity index (χ1) is 14.9. The third-order valence-corrected chi connectivity index (χ3v) is 5.64. The minimum absolute atomic E-state index is 0.0613. The Morgan fingerprint density at radius 2 is 1.84 bits per heavy atom. The van der Waals surface area contributed by atoms with Crippen LogP contribution in [0.1, 0.15) is 35.9 Å². The number of anilines is 1. The number of sulfonamides is 1. The molecule has 0 bridgehead atoms. The minimum atomic E-state index is -4.13. The van der Waals surface area contributed by atoms with Gasteiger partial charge < -0.3 is 14.5 Å². The second-order valence-corrected chi connectivity index (χ2v) is 8.28. The van der Waals surface area contributed by atoms with Crippen LogP contribution in [0.15, 0.2) is 76.2 Å². The molecule has 0 spiro atoms. The van der Waals surface area contributed by atoms with Gasteiger partial charge in [0.05, 0.1) is 12.0 Å². The molecule has 0 aliphatic heterocycles. The van der Waals surface area contributed by atoms with Crippen molar-refractivity contribution in [2.75, 3.05) is 5.32 Å². The third-order valence-electron chi connectivity index (χ3n) is 4.21. The third kappa shape index (κ3) is 5.95. The van der Waals surface area contributed by atoms with Crippen LogP contribution in [0.3, 0.4) is 0 Å². The Balaban J connectivity index is 1.75. The molecule has 0 aliphatic carbocycles. The number of furan rings is 1. The first kappa shape index (κ1) is 22.1. The quantitative estimate of drug-likeness (QED) is 0.522. The lowest BCUT2D eigenvalue weighted by atomic mass is 10.2. The maximum atomic E-state index is 12.7. The van der Waals surface area contributed by atoms with Crippen molar-refractivity contribution in [3.05, 3.63) is 78.3 Å². The number of benzene rings is 2. The van der Waals surface area contributed by atoms with Crippen molar-refractivity contribution in [2.45, 2.75) is 31.3 Å². The normalized spacial score (nSPS) is 11.0. The molecule has 0 radical (unpaired) electrons. The first-order valence-electron chi connectivity index (χ1n) is 9.60. The van der Waals surface area contributed by atoms with Crippen LogP contribution in [0.5, 0.6) is 5.75 Å². The van der Waals surface area contributed by atoms with E-state index in [1.54, 1.807) is 55.7 Å². The number of carbonyl (C=O) groups excluding carboxylic acids is 2. The Bertz CT molecular complexity index is 1160. The van der Waals surface area contributed by atoms with Crippen LogP contribution in [0.4, 0.5) is 5.69 Å². The number of hydrogen-bond donors (Lipinski definition) is 2. The summed E-state index contributed by atoms with van der Waals surface area (Å²) in [4.78, 5) is 24.3. The van der Waals surface area contributed by atoms with Gasteiger partial charge in [0, 0.05) is 12.0 Å². The lowest BCUT2D eigenvalue weighted by molar-refractivity contribution is -0.119. The summed E-state index contributed by atoms with van der Waals surface area (Å²) in [5.74, 6) is -0.0353. The van der Waals surface area contributed by atoms with Crippen molar-refractivity contribution in [1.82, 2.24) is 4.72 Å². The summed E-state index contributed by atoms with van der Waals surface area (Å²) in [5, 5.41) is 2.59. The van der Waals surface area contributed by atoms with Crippen molar-refractivity contribution < 1.29 is 27.2 Å². The second-order valence-electron chi connectivity index (χ2n) is 6.62. The molecule has 162 valence electrons. The Morgan fingerprint density at radius 3 is 2.58 bits per heavy atom. The molecule has 1 heterocycles. The topological polar surface area (TPSA) is 115 Å². The van der Waals surface area contributed by atoms with Gasteiger partial charge in [-0.25, -0.2) is 13.1 Å². The van der Waals surface area contributed by atoms with Crippen molar-refractivity contribution in [3.8, 4) is 5.75 Å². The number of carbonyl (C=O) groups is 2. The van der Waals surface area contributed by atoms with Gasteiger partial charge in [0.1, 0.15) is 23.0 Å². The van der Waals surface area contributed by atoms with E-state index >= 15 is 0 Å². The number of amides is 2. The average molecular weight is 442 g/mol. The van der Waals surface area contributed by atoms with E-state index < -0.39 is 21.8 Å². The largest absolute Gasteiger partial charge is 0.486 e. The summed E-state index contributed by atoms with van der Waals surface area (Å²) in [6.07, 6.45) is 2.13. The van der Waals surface area contributed by atoms with E-state index in [9.17, 15) is 18.0 Å². The molecule has 0 atom stereocenters. The lowest BCUT2D eigenvalue weighted by Gasteiger charge is -2.13. The molecule has 2 aromatic carbocycles. The number of para-hydroxylation sites is 1. The monoisotopic (exact) mass is 442 g/mol. The molecule has 1 aromatic heterocycles. The molecule has 31 heavy (non-hydrogen) atoms. The highest BCUT2D eigenvalue weighted by atomic mass is 32.2. The molecule has 0 saturated carbocycles. The van der Waals surface area contributed by atoms with Gasteiger partial charge in [0.2, 0.25) is 5.91 Å². The van der Waals surface area contributed by atoms with Crippen LogP contribution in [-0.4, -0.2) is 20.2 Å². The van der Waals surface area contributed by atoms with E-state index in [-0.39, 0.29) is 29.2 Å². The summed E-state index contributed by atoms with van der Waals surface area (Å²) in [6, 6.07) is 15.9. The highest BCUT2D eigenvalue weighted by molar-refractivity contribution is 7.90. The van der Waals surface area contributed by atoms with Crippen molar-refractivity contribution in [3.63, 3.8) is 0 Å². The van der Waals surface area contributed by atoms with Gasteiger partial charge in [-0.1, -0.05) is 25.1 Å². The van der Waals surface area contributed by atoms with Crippen molar-refractivity contribution >= 4 is 27.5 Å². The molecule has 0 aliphatic rings. The molecule has 3 aromatic rings. The number of nitrogens with one attached hydrogen (secondary N) is 2. The van der Waals surface area contributed by atoms with E-state index in [1.165, 1.54) is 18.2 Å². The lowest BCUT2D eigenvalue weighted by Crippen LogP contribution is -2.31. The standard InChI is InChI=1S/C22H22N2O6S/c1-2-7-21(25)24-31(27,28)20-12-4-3-11-19(20)23-22(26)16-8-5-9-17(14-16)30-15-18-10-6-13-29-18/h3-6,8-14H,2,7,15H2,1H3,(H,23,26)(H,24,25). The van der Waals surface area contributed by atoms with Gasteiger partial charge in [-0.15, -0.1) is 0 Å². The highest BCUT2D eigenvalue weighted by Crippen LogP contribution is 2.23. The van der Waals surface area contributed by atoms with Crippen molar-refractivity contribution in [1.29, 1.82) is 0 Å².